The van der Waals surface area contributed by atoms with Crippen molar-refractivity contribution in [2.75, 3.05) is 18.4 Å². The molecule has 0 radical (unpaired) electrons. The summed E-state index contributed by atoms with van der Waals surface area (Å²) in [4.78, 5) is 13.9. The third kappa shape index (κ3) is 4.96. The lowest BCUT2D eigenvalue weighted by Crippen LogP contribution is -2.35. The molecular weight excluding hydrogens is 392 g/mol. The summed E-state index contributed by atoms with van der Waals surface area (Å²) in [6.07, 6.45) is 2.84. The van der Waals surface area contributed by atoms with Crippen LogP contribution in [-0.4, -0.2) is 37.0 Å². The summed E-state index contributed by atoms with van der Waals surface area (Å²) in [7, 11) is -3.53. The molecular formula is C21H26N2O3S2. The summed E-state index contributed by atoms with van der Waals surface area (Å²) < 4.78 is 27.3. The highest BCUT2D eigenvalue weighted by atomic mass is 32.2. The van der Waals surface area contributed by atoms with Crippen molar-refractivity contribution in [1.82, 2.24) is 4.31 Å². The molecule has 150 valence electrons. The topological polar surface area (TPSA) is 66.5 Å². The Hall–Kier alpha value is -1.83. The van der Waals surface area contributed by atoms with Gasteiger partial charge in [0.05, 0.1) is 10.5 Å². The number of thioether (sulfide) groups is 1. The van der Waals surface area contributed by atoms with Crippen molar-refractivity contribution in [3.8, 4) is 0 Å². The predicted octanol–water partition coefficient (Wildman–Crippen LogP) is 4.61. The average molecular weight is 419 g/mol. The van der Waals surface area contributed by atoms with E-state index in [2.05, 4.69) is 19.2 Å². The molecule has 0 aliphatic carbocycles. The van der Waals surface area contributed by atoms with E-state index < -0.39 is 10.0 Å². The molecule has 1 aliphatic rings. The summed E-state index contributed by atoms with van der Waals surface area (Å²) in [5.74, 6) is -0.240. The number of hydrogen-bond acceptors (Lipinski definition) is 4. The minimum Gasteiger partial charge on any atom is -0.322 e. The average Bonchev–Trinajstić information content (AvgIpc) is 2.69. The van der Waals surface area contributed by atoms with Crippen molar-refractivity contribution >= 4 is 33.4 Å². The number of amides is 1. The first kappa shape index (κ1) is 20.9. The SMILES string of the molecule is CC(C)Sc1ccccc1C(=O)Nc1cccc(S(=O)(=O)N2CCCCC2)c1. The minimum atomic E-state index is -3.53. The quantitative estimate of drug-likeness (QED) is 0.696. The molecule has 1 saturated heterocycles. The summed E-state index contributed by atoms with van der Waals surface area (Å²) in [5, 5.41) is 3.21. The van der Waals surface area contributed by atoms with Crippen molar-refractivity contribution in [3.05, 3.63) is 54.1 Å². The van der Waals surface area contributed by atoms with Crippen LogP contribution >= 0.6 is 11.8 Å². The molecule has 0 saturated carbocycles. The number of sulfonamides is 1. The maximum absolute atomic E-state index is 12.9. The Morgan fingerprint density at radius 1 is 1.04 bits per heavy atom. The zero-order valence-corrected chi connectivity index (χ0v) is 17.9. The van der Waals surface area contributed by atoms with Crippen LogP contribution in [0.4, 0.5) is 5.69 Å². The Labute approximate surface area is 171 Å². The summed E-state index contributed by atoms with van der Waals surface area (Å²) in [6.45, 7) is 5.26. The molecule has 0 spiro atoms. The molecule has 1 amide bonds. The zero-order valence-electron chi connectivity index (χ0n) is 16.2. The lowest BCUT2D eigenvalue weighted by molar-refractivity contribution is 0.102. The van der Waals surface area contributed by atoms with Crippen LogP contribution in [0.1, 0.15) is 43.5 Å². The number of hydrogen-bond donors (Lipinski definition) is 1. The largest absolute Gasteiger partial charge is 0.322 e. The molecule has 1 fully saturated rings. The maximum Gasteiger partial charge on any atom is 0.256 e. The Morgan fingerprint density at radius 2 is 1.75 bits per heavy atom. The fraction of sp³-hybridized carbons (Fsp3) is 0.381. The lowest BCUT2D eigenvalue weighted by atomic mass is 10.2. The van der Waals surface area contributed by atoms with E-state index in [1.807, 2.05) is 18.2 Å². The molecule has 1 aliphatic heterocycles. The van der Waals surface area contributed by atoms with Crippen LogP contribution in [0.15, 0.2) is 58.3 Å². The maximum atomic E-state index is 12.9. The Kier molecular flexibility index (Phi) is 6.80. The van der Waals surface area contributed by atoms with Crippen LogP contribution in [0, 0.1) is 0 Å². The third-order valence-electron chi connectivity index (χ3n) is 4.54. The van der Waals surface area contributed by atoms with Gasteiger partial charge in [-0.15, -0.1) is 11.8 Å². The number of nitrogens with one attached hydrogen (secondary N) is 1. The Bertz CT molecular complexity index is 936. The van der Waals surface area contributed by atoms with Gasteiger partial charge >= 0.3 is 0 Å². The molecule has 1 N–H and O–H groups in total. The first-order valence-electron chi connectivity index (χ1n) is 9.55. The first-order valence-corrected chi connectivity index (χ1v) is 11.9. The van der Waals surface area contributed by atoms with Crippen LogP contribution in [0.2, 0.25) is 0 Å². The van der Waals surface area contributed by atoms with E-state index in [4.69, 9.17) is 0 Å². The van der Waals surface area contributed by atoms with Crippen molar-refractivity contribution < 1.29 is 13.2 Å². The van der Waals surface area contributed by atoms with Gasteiger partial charge < -0.3 is 5.32 Å². The van der Waals surface area contributed by atoms with Gasteiger partial charge in [-0.3, -0.25) is 4.79 Å². The second-order valence-corrected chi connectivity index (χ2v) is 10.7. The highest BCUT2D eigenvalue weighted by Gasteiger charge is 2.26. The van der Waals surface area contributed by atoms with Gasteiger partial charge in [0.25, 0.3) is 5.91 Å². The zero-order chi connectivity index (χ0) is 20.1. The fourth-order valence-corrected chi connectivity index (χ4v) is 5.71. The van der Waals surface area contributed by atoms with Crippen LogP contribution < -0.4 is 5.32 Å². The van der Waals surface area contributed by atoms with Gasteiger partial charge in [0, 0.05) is 28.9 Å². The molecule has 3 rings (SSSR count). The molecule has 28 heavy (non-hydrogen) atoms. The number of benzene rings is 2. The van der Waals surface area contributed by atoms with E-state index in [0.717, 1.165) is 24.2 Å². The van der Waals surface area contributed by atoms with Crippen LogP contribution in [0.5, 0.6) is 0 Å². The molecule has 0 bridgehead atoms. The minimum absolute atomic E-state index is 0.219. The number of anilines is 1. The van der Waals surface area contributed by atoms with E-state index in [9.17, 15) is 13.2 Å². The second-order valence-electron chi connectivity index (χ2n) is 7.11. The van der Waals surface area contributed by atoms with Crippen molar-refractivity contribution in [2.24, 2.45) is 0 Å². The monoisotopic (exact) mass is 418 g/mol. The number of nitrogens with zero attached hydrogens (tertiary/aromatic N) is 1. The van der Waals surface area contributed by atoms with Gasteiger partial charge in [0.15, 0.2) is 0 Å². The van der Waals surface area contributed by atoms with E-state index >= 15 is 0 Å². The van der Waals surface area contributed by atoms with E-state index in [1.165, 1.54) is 4.31 Å². The van der Waals surface area contributed by atoms with Gasteiger partial charge in [0.2, 0.25) is 10.0 Å². The number of piperidine rings is 1. The molecule has 0 atom stereocenters. The molecule has 1 heterocycles. The molecule has 2 aromatic rings. The van der Waals surface area contributed by atoms with Gasteiger partial charge in [-0.2, -0.15) is 4.31 Å². The Balaban J connectivity index is 1.81. The molecule has 7 heteroatoms. The van der Waals surface area contributed by atoms with Gasteiger partial charge in [-0.1, -0.05) is 38.5 Å². The smallest absolute Gasteiger partial charge is 0.256 e. The van der Waals surface area contributed by atoms with E-state index in [-0.39, 0.29) is 10.8 Å². The van der Waals surface area contributed by atoms with Crippen molar-refractivity contribution in [2.45, 2.75) is 48.2 Å². The molecule has 0 unspecified atom stereocenters. The van der Waals surface area contributed by atoms with Crippen LogP contribution in [-0.2, 0) is 10.0 Å². The highest BCUT2D eigenvalue weighted by molar-refractivity contribution is 8.00. The lowest BCUT2D eigenvalue weighted by Gasteiger charge is -2.26. The highest BCUT2D eigenvalue weighted by Crippen LogP contribution is 2.28. The van der Waals surface area contributed by atoms with Gasteiger partial charge in [-0.25, -0.2) is 8.42 Å². The summed E-state index contributed by atoms with van der Waals surface area (Å²) in [5.41, 5.74) is 1.07. The molecule has 2 aromatic carbocycles. The first-order chi connectivity index (χ1) is 13.4. The van der Waals surface area contributed by atoms with E-state index in [0.29, 0.717) is 29.6 Å². The van der Waals surface area contributed by atoms with Crippen LogP contribution in [0.25, 0.3) is 0 Å². The number of carbonyl (C=O) groups excluding carboxylic acids is 1. The molecule has 0 aromatic heterocycles. The Morgan fingerprint density at radius 3 is 2.46 bits per heavy atom. The summed E-state index contributed by atoms with van der Waals surface area (Å²) >= 11 is 1.63. The number of rotatable bonds is 6. The van der Waals surface area contributed by atoms with Crippen molar-refractivity contribution in [1.29, 1.82) is 0 Å². The predicted molar refractivity (Wildman–Crippen MR) is 114 cm³/mol. The van der Waals surface area contributed by atoms with E-state index in [1.54, 1.807) is 42.1 Å². The second kappa shape index (κ2) is 9.11. The fourth-order valence-electron chi connectivity index (χ4n) is 3.20. The normalized spacial score (nSPS) is 15.5. The standard InChI is InChI=1S/C21H26N2O3S2/c1-16(2)27-20-12-5-4-11-19(20)21(24)22-17-9-8-10-18(15-17)28(25,26)23-13-6-3-7-14-23/h4-5,8-12,15-16H,3,6-7,13-14H2,1-2H3,(H,22,24). The van der Waals surface area contributed by atoms with Crippen molar-refractivity contribution in [3.63, 3.8) is 0 Å². The van der Waals surface area contributed by atoms with Crippen LogP contribution in [0.3, 0.4) is 0 Å². The van der Waals surface area contributed by atoms with Gasteiger partial charge in [-0.05, 0) is 43.2 Å². The third-order valence-corrected chi connectivity index (χ3v) is 7.52. The number of carbonyl (C=O) groups is 1. The summed E-state index contributed by atoms with van der Waals surface area (Å²) in [6, 6.07) is 14.0. The molecule has 5 nitrogen and oxygen atoms in total. The van der Waals surface area contributed by atoms with Gasteiger partial charge in [0.1, 0.15) is 0 Å².